The van der Waals surface area contributed by atoms with Gasteiger partial charge in [0.15, 0.2) is 5.96 Å². The highest BCUT2D eigenvalue weighted by molar-refractivity contribution is 7.12. The van der Waals surface area contributed by atoms with Crippen LogP contribution in [0.5, 0.6) is 0 Å². The highest BCUT2D eigenvalue weighted by Crippen LogP contribution is 2.25. The number of guanidine groups is 1. The van der Waals surface area contributed by atoms with E-state index in [-0.39, 0.29) is 0 Å². The summed E-state index contributed by atoms with van der Waals surface area (Å²) in [6, 6.07) is 6.44. The van der Waals surface area contributed by atoms with Gasteiger partial charge < -0.3 is 10.6 Å². The molecule has 5 heteroatoms. The smallest absolute Gasteiger partial charge is 0.191 e. The topological polar surface area (TPSA) is 65.4 Å². The average molecular weight is 234 g/mol. The van der Waals surface area contributed by atoms with Gasteiger partial charge in [-0.1, -0.05) is 0 Å². The van der Waals surface area contributed by atoms with E-state index >= 15 is 0 Å². The number of hydrogen-bond donors (Lipinski definition) is 1. The van der Waals surface area contributed by atoms with Gasteiger partial charge in [-0.05, 0) is 25.0 Å². The molecule has 0 saturated heterocycles. The van der Waals surface area contributed by atoms with Gasteiger partial charge in [-0.25, -0.2) is 4.99 Å². The Labute approximate surface area is 99.0 Å². The molecule has 16 heavy (non-hydrogen) atoms. The van der Waals surface area contributed by atoms with Crippen LogP contribution in [0.4, 0.5) is 0 Å². The summed E-state index contributed by atoms with van der Waals surface area (Å²) in [6.07, 6.45) is 2.43. The second-order valence-corrected chi connectivity index (χ2v) is 5.06. The van der Waals surface area contributed by atoms with Crippen LogP contribution in [0.15, 0.2) is 17.1 Å². The van der Waals surface area contributed by atoms with Crippen molar-refractivity contribution in [2.24, 2.45) is 10.7 Å². The van der Waals surface area contributed by atoms with Gasteiger partial charge in [0.2, 0.25) is 0 Å². The zero-order valence-corrected chi connectivity index (χ0v) is 10.00. The summed E-state index contributed by atoms with van der Waals surface area (Å²) in [7, 11) is 1.98. The Balaban J connectivity index is 1.94. The van der Waals surface area contributed by atoms with Crippen molar-refractivity contribution in [3.05, 3.63) is 21.9 Å². The standard InChI is InChI=1S/C11H14N4S/c1-15(8-2-3-8)11(13)14-7-10-5-4-9(6-12)16-10/h4-5,8H,2-3,7H2,1H3,(H2,13,14). The van der Waals surface area contributed by atoms with Crippen molar-refractivity contribution < 1.29 is 0 Å². The zero-order chi connectivity index (χ0) is 11.5. The number of rotatable bonds is 3. The molecule has 2 N–H and O–H groups in total. The van der Waals surface area contributed by atoms with Crippen LogP contribution in [0.3, 0.4) is 0 Å². The summed E-state index contributed by atoms with van der Waals surface area (Å²) in [5.74, 6) is 0.592. The third kappa shape index (κ3) is 2.52. The summed E-state index contributed by atoms with van der Waals surface area (Å²) in [4.78, 5) is 8.15. The van der Waals surface area contributed by atoms with Crippen LogP contribution >= 0.6 is 11.3 Å². The molecule has 1 heterocycles. The van der Waals surface area contributed by atoms with Crippen LogP contribution in [0, 0.1) is 11.3 Å². The Morgan fingerprint density at radius 1 is 1.69 bits per heavy atom. The largest absolute Gasteiger partial charge is 0.370 e. The quantitative estimate of drug-likeness (QED) is 0.637. The van der Waals surface area contributed by atoms with E-state index in [0.717, 1.165) is 9.75 Å². The second-order valence-electron chi connectivity index (χ2n) is 3.89. The molecular weight excluding hydrogens is 220 g/mol. The molecule has 0 unspecified atom stereocenters. The SMILES string of the molecule is CN(C(N)=NCc1ccc(C#N)s1)C1CC1. The number of hydrogen-bond acceptors (Lipinski definition) is 3. The number of aliphatic imine (C=N–C) groups is 1. The lowest BCUT2D eigenvalue weighted by Crippen LogP contribution is -2.35. The molecule has 0 radical (unpaired) electrons. The van der Waals surface area contributed by atoms with Crippen molar-refractivity contribution in [2.45, 2.75) is 25.4 Å². The normalized spacial score (nSPS) is 15.9. The Hall–Kier alpha value is -1.54. The molecule has 1 aliphatic carbocycles. The Morgan fingerprint density at radius 2 is 2.44 bits per heavy atom. The van der Waals surface area contributed by atoms with Crippen molar-refractivity contribution in [2.75, 3.05) is 7.05 Å². The Bertz CT molecular complexity index is 439. The molecule has 1 aromatic heterocycles. The van der Waals surface area contributed by atoms with E-state index in [1.165, 1.54) is 24.2 Å². The predicted octanol–water partition coefficient (Wildman–Crippen LogP) is 1.53. The highest BCUT2D eigenvalue weighted by atomic mass is 32.1. The highest BCUT2D eigenvalue weighted by Gasteiger charge is 2.27. The Kier molecular flexibility index (Phi) is 3.11. The first-order valence-electron chi connectivity index (χ1n) is 5.22. The van der Waals surface area contributed by atoms with Gasteiger partial charge in [0.25, 0.3) is 0 Å². The maximum Gasteiger partial charge on any atom is 0.191 e. The van der Waals surface area contributed by atoms with E-state index in [4.69, 9.17) is 11.0 Å². The van der Waals surface area contributed by atoms with E-state index in [1.807, 2.05) is 24.1 Å². The molecule has 0 aromatic carbocycles. The van der Waals surface area contributed by atoms with Gasteiger partial charge in [0.05, 0.1) is 6.54 Å². The minimum atomic E-state index is 0.565. The molecule has 1 fully saturated rings. The van der Waals surface area contributed by atoms with Crippen molar-refractivity contribution in [3.63, 3.8) is 0 Å². The summed E-state index contributed by atoms with van der Waals surface area (Å²) in [5, 5.41) is 8.69. The average Bonchev–Trinajstić information content (AvgIpc) is 3.04. The number of nitrogens with two attached hydrogens (primary N) is 1. The van der Waals surface area contributed by atoms with Crippen molar-refractivity contribution in [1.82, 2.24) is 4.90 Å². The number of nitrogens with zero attached hydrogens (tertiary/aromatic N) is 3. The molecule has 1 aromatic rings. The summed E-state index contributed by atoms with van der Waals surface area (Å²) >= 11 is 1.47. The maximum absolute atomic E-state index is 8.69. The molecule has 1 saturated carbocycles. The predicted molar refractivity (Wildman–Crippen MR) is 65.1 cm³/mol. The summed E-state index contributed by atoms with van der Waals surface area (Å²) in [6.45, 7) is 0.565. The molecule has 1 aliphatic rings. The second kappa shape index (κ2) is 4.54. The molecule has 0 spiro atoms. The van der Waals surface area contributed by atoms with Gasteiger partial charge >= 0.3 is 0 Å². The van der Waals surface area contributed by atoms with Crippen molar-refractivity contribution >= 4 is 17.3 Å². The van der Waals surface area contributed by atoms with E-state index in [2.05, 4.69) is 11.1 Å². The lowest BCUT2D eigenvalue weighted by Gasteiger charge is -2.16. The van der Waals surface area contributed by atoms with Gasteiger partial charge in [-0.15, -0.1) is 11.3 Å². The van der Waals surface area contributed by atoms with Crippen LogP contribution < -0.4 is 5.73 Å². The first-order chi connectivity index (χ1) is 7.70. The van der Waals surface area contributed by atoms with Crippen LogP contribution in [0.1, 0.15) is 22.6 Å². The lowest BCUT2D eigenvalue weighted by molar-refractivity contribution is 0.487. The third-order valence-corrected chi connectivity index (χ3v) is 3.60. The van der Waals surface area contributed by atoms with Gasteiger partial charge in [0, 0.05) is 18.0 Å². The molecule has 2 rings (SSSR count). The van der Waals surface area contributed by atoms with Gasteiger partial charge in [0.1, 0.15) is 10.9 Å². The fourth-order valence-electron chi connectivity index (χ4n) is 1.44. The lowest BCUT2D eigenvalue weighted by atomic mass is 10.4. The fourth-order valence-corrected chi connectivity index (χ4v) is 2.17. The monoisotopic (exact) mass is 234 g/mol. The molecule has 4 nitrogen and oxygen atoms in total. The maximum atomic E-state index is 8.69. The molecule has 0 aliphatic heterocycles. The Morgan fingerprint density at radius 3 is 3.00 bits per heavy atom. The molecular formula is C11H14N4S. The minimum Gasteiger partial charge on any atom is -0.370 e. The fraction of sp³-hybridized carbons (Fsp3) is 0.455. The first kappa shape index (κ1) is 11.0. The van der Waals surface area contributed by atoms with Crippen LogP contribution in [0.25, 0.3) is 0 Å². The summed E-state index contributed by atoms with van der Waals surface area (Å²) in [5.41, 5.74) is 5.86. The molecule has 0 bridgehead atoms. The third-order valence-electron chi connectivity index (χ3n) is 2.62. The van der Waals surface area contributed by atoms with Crippen LogP contribution in [0.2, 0.25) is 0 Å². The molecule has 0 atom stereocenters. The van der Waals surface area contributed by atoms with Gasteiger partial charge in [-0.2, -0.15) is 5.26 Å². The molecule has 0 amide bonds. The van der Waals surface area contributed by atoms with Gasteiger partial charge in [-0.3, -0.25) is 0 Å². The summed E-state index contributed by atoms with van der Waals surface area (Å²) < 4.78 is 0. The van der Waals surface area contributed by atoms with E-state index in [1.54, 1.807) is 0 Å². The van der Waals surface area contributed by atoms with E-state index in [9.17, 15) is 0 Å². The van der Waals surface area contributed by atoms with Crippen LogP contribution in [-0.2, 0) is 6.54 Å². The van der Waals surface area contributed by atoms with Crippen molar-refractivity contribution in [3.8, 4) is 6.07 Å². The van der Waals surface area contributed by atoms with Crippen LogP contribution in [-0.4, -0.2) is 23.9 Å². The number of nitriles is 1. The van der Waals surface area contributed by atoms with E-state index in [0.29, 0.717) is 18.5 Å². The zero-order valence-electron chi connectivity index (χ0n) is 9.18. The minimum absolute atomic E-state index is 0.565. The van der Waals surface area contributed by atoms with E-state index < -0.39 is 0 Å². The van der Waals surface area contributed by atoms with Crippen molar-refractivity contribution in [1.29, 1.82) is 5.26 Å². The number of thiophene rings is 1. The molecule has 84 valence electrons. The first-order valence-corrected chi connectivity index (χ1v) is 6.04.